The van der Waals surface area contributed by atoms with E-state index in [0.29, 0.717) is 5.39 Å². The molecule has 0 saturated carbocycles. The summed E-state index contributed by atoms with van der Waals surface area (Å²) in [5.41, 5.74) is 0.684. The topological polar surface area (TPSA) is 180 Å². The number of imide groups is 1. The number of benzene rings is 3. The van der Waals surface area contributed by atoms with Crippen LogP contribution in [0.15, 0.2) is 36.4 Å². The van der Waals surface area contributed by atoms with Crippen molar-refractivity contribution in [2.75, 3.05) is 12.9 Å². The third-order valence-electron chi connectivity index (χ3n) is 7.78. The van der Waals surface area contributed by atoms with Gasteiger partial charge < -0.3 is 29.6 Å². The van der Waals surface area contributed by atoms with Crippen molar-refractivity contribution in [3.05, 3.63) is 59.2 Å². The van der Waals surface area contributed by atoms with Crippen LogP contribution in [0.25, 0.3) is 43.6 Å². The normalized spacial score (nSPS) is 24.8. The highest BCUT2D eigenvalue weighted by Gasteiger charge is 2.47. The third-order valence-corrected chi connectivity index (χ3v) is 8.35. The monoisotopic (exact) mass is 601 g/mol. The molecule has 0 spiro atoms. The van der Waals surface area contributed by atoms with E-state index < -0.39 is 70.8 Å². The van der Waals surface area contributed by atoms with Crippen molar-refractivity contribution in [2.45, 2.75) is 30.6 Å². The smallest absolute Gasteiger partial charge is 0.264 e. The number of fused-ring (bicyclic) bond motifs is 10. The molecular weight excluding hydrogens is 580 g/mol. The van der Waals surface area contributed by atoms with E-state index in [4.69, 9.17) is 8.92 Å². The average Bonchev–Trinajstić information content (AvgIpc) is 3.54. The first-order valence-electron chi connectivity index (χ1n) is 12.7. The minimum absolute atomic E-state index is 0.0173. The molecule has 5 aromatic rings. The van der Waals surface area contributed by atoms with Crippen LogP contribution in [-0.4, -0.2) is 82.4 Å². The van der Waals surface area contributed by atoms with Gasteiger partial charge in [0.2, 0.25) is 0 Å². The maximum Gasteiger partial charge on any atom is 0.264 e. The van der Waals surface area contributed by atoms with Gasteiger partial charge in [-0.1, -0.05) is 0 Å². The van der Waals surface area contributed by atoms with Gasteiger partial charge in [-0.15, -0.1) is 0 Å². The first-order valence-corrected chi connectivity index (χ1v) is 14.5. The van der Waals surface area contributed by atoms with Crippen molar-refractivity contribution in [2.24, 2.45) is 0 Å². The lowest BCUT2D eigenvalue weighted by atomic mass is 9.96. The molecule has 1 fully saturated rings. The lowest BCUT2D eigenvalue weighted by Crippen LogP contribution is -2.56. The van der Waals surface area contributed by atoms with Crippen LogP contribution in [0.2, 0.25) is 0 Å². The zero-order valence-electron chi connectivity index (χ0n) is 21.5. The number of nitrogens with zero attached hydrogens (tertiary/aromatic N) is 1. The van der Waals surface area contributed by atoms with Gasteiger partial charge in [-0.2, -0.15) is 8.42 Å². The van der Waals surface area contributed by atoms with E-state index >= 15 is 0 Å². The Balaban J connectivity index is 1.61. The summed E-state index contributed by atoms with van der Waals surface area (Å²) < 4.78 is 64.3. The molecule has 5 atom stereocenters. The number of hydrogen-bond acceptors (Lipinski definition) is 9. The van der Waals surface area contributed by atoms with E-state index in [-0.39, 0.29) is 49.4 Å². The molecule has 218 valence electrons. The Bertz CT molecular complexity index is 2120. The number of carbonyl (C=O) groups is 2. The summed E-state index contributed by atoms with van der Waals surface area (Å²) in [6.07, 6.45) is -7.78. The van der Waals surface area contributed by atoms with E-state index in [1.807, 2.05) is 0 Å². The predicted octanol–water partition coefficient (Wildman–Crippen LogP) is 1.55. The van der Waals surface area contributed by atoms with E-state index in [2.05, 4.69) is 10.3 Å². The zero-order valence-corrected chi connectivity index (χ0v) is 22.3. The first-order chi connectivity index (χ1) is 19.9. The minimum atomic E-state index is -3.99. The van der Waals surface area contributed by atoms with Crippen molar-refractivity contribution in [3.63, 3.8) is 0 Å². The minimum Gasteiger partial charge on any atom is -0.387 e. The molecule has 4 heterocycles. The number of halogens is 2. The zero-order chi connectivity index (χ0) is 29.8. The van der Waals surface area contributed by atoms with Gasteiger partial charge in [-0.3, -0.25) is 19.1 Å². The first kappa shape index (κ1) is 26.9. The van der Waals surface area contributed by atoms with Crippen LogP contribution in [0.4, 0.5) is 8.78 Å². The maximum atomic E-state index is 14.7. The van der Waals surface area contributed by atoms with Crippen molar-refractivity contribution >= 4 is 65.5 Å². The van der Waals surface area contributed by atoms with Crippen LogP contribution in [-0.2, 0) is 19.0 Å². The van der Waals surface area contributed by atoms with Crippen LogP contribution in [0.5, 0.6) is 0 Å². The van der Waals surface area contributed by atoms with Gasteiger partial charge in [-0.25, -0.2) is 8.78 Å². The number of aliphatic hydroxyl groups excluding tert-OH is 3. The number of nitrogens with one attached hydrogen (secondary N) is 2. The van der Waals surface area contributed by atoms with Crippen molar-refractivity contribution in [1.29, 1.82) is 0 Å². The van der Waals surface area contributed by atoms with E-state index in [1.54, 1.807) is 0 Å². The van der Waals surface area contributed by atoms with E-state index in [1.165, 1.54) is 28.8 Å². The molecule has 5 N–H and O–H groups in total. The highest BCUT2D eigenvalue weighted by molar-refractivity contribution is 7.85. The number of aromatic amines is 1. The lowest BCUT2D eigenvalue weighted by Gasteiger charge is -2.41. The molecular formula is C27H21F2N3O9S. The number of ether oxygens (including phenoxy) is 1. The molecule has 2 aliphatic heterocycles. The van der Waals surface area contributed by atoms with E-state index in [9.17, 15) is 42.1 Å². The number of rotatable bonds is 4. The summed E-state index contributed by atoms with van der Waals surface area (Å²) >= 11 is 0. The summed E-state index contributed by atoms with van der Waals surface area (Å²) in [4.78, 5) is 29.4. The molecule has 15 heteroatoms. The SMILES string of the molecule is CS(=O)(=O)OC[C@H]1OC(n2c3cc(F)ccc3c3c4c(c5c6ccc(F)cc6[nH]c5c32)C(=O)NC4=O)[C@H](O)[C@@H](O)[C@@H]1O. The van der Waals surface area contributed by atoms with Gasteiger partial charge in [0.1, 0.15) is 36.1 Å². The number of hydrogen-bond donors (Lipinski definition) is 5. The molecule has 0 radical (unpaired) electrons. The maximum absolute atomic E-state index is 14.7. The third kappa shape index (κ3) is 3.78. The second-order valence-electron chi connectivity index (χ2n) is 10.4. The Morgan fingerprint density at radius 1 is 0.929 bits per heavy atom. The Morgan fingerprint density at radius 2 is 1.57 bits per heavy atom. The Hall–Kier alpha value is -3.99. The van der Waals surface area contributed by atoms with Gasteiger partial charge in [0, 0.05) is 27.1 Å². The van der Waals surface area contributed by atoms with Crippen molar-refractivity contribution < 1.29 is 51.0 Å². The van der Waals surface area contributed by atoms with Crippen LogP contribution in [0, 0.1) is 11.6 Å². The molecule has 7 rings (SSSR count). The largest absolute Gasteiger partial charge is 0.387 e. The fourth-order valence-electron chi connectivity index (χ4n) is 6.06. The fraction of sp³-hybridized carbons (Fsp3) is 0.259. The predicted molar refractivity (Wildman–Crippen MR) is 143 cm³/mol. The van der Waals surface area contributed by atoms with Crippen molar-refractivity contribution in [3.8, 4) is 0 Å². The van der Waals surface area contributed by atoms with Crippen LogP contribution in [0.3, 0.4) is 0 Å². The van der Waals surface area contributed by atoms with Gasteiger partial charge in [0.25, 0.3) is 21.9 Å². The van der Waals surface area contributed by atoms with Crippen LogP contribution < -0.4 is 5.32 Å². The number of aliphatic hydroxyl groups is 3. The second kappa shape index (κ2) is 9.00. The summed E-state index contributed by atoms with van der Waals surface area (Å²) in [5.74, 6) is -2.72. The quantitative estimate of drug-likeness (QED) is 0.151. The standard InChI is InChI=1S/C27H21F2N3O9S/c1-42(38,39)40-8-15-22(33)23(34)24(35)27(41-15)32-14-7-10(29)3-5-12(14)17-19-18(25(36)31-26(19)37)16-11-4-2-9(28)6-13(11)30-20(16)21(17)32/h2-7,15,22-24,27,30,33-35H,8H2,1H3,(H,31,36,37)/t15-,22-,23+,24-,27?/m1/s1. The molecule has 2 amide bonds. The highest BCUT2D eigenvalue weighted by Crippen LogP contribution is 2.46. The van der Waals surface area contributed by atoms with Crippen molar-refractivity contribution in [1.82, 2.24) is 14.9 Å². The molecule has 0 aliphatic carbocycles. The second-order valence-corrected chi connectivity index (χ2v) is 12.0. The number of H-pyrrole nitrogens is 1. The Kier molecular flexibility index (Phi) is 5.76. The Labute approximate surface area is 234 Å². The molecule has 1 unspecified atom stereocenters. The summed E-state index contributed by atoms with van der Waals surface area (Å²) in [6.45, 7) is -0.723. The van der Waals surface area contributed by atoms with Gasteiger partial charge in [0.15, 0.2) is 6.23 Å². The lowest BCUT2D eigenvalue weighted by molar-refractivity contribution is -0.247. The Morgan fingerprint density at radius 3 is 2.26 bits per heavy atom. The summed E-state index contributed by atoms with van der Waals surface area (Å²) in [7, 11) is -3.99. The molecule has 42 heavy (non-hydrogen) atoms. The van der Waals surface area contributed by atoms with Gasteiger partial charge in [-0.05, 0) is 36.4 Å². The van der Waals surface area contributed by atoms with Gasteiger partial charge >= 0.3 is 0 Å². The summed E-state index contributed by atoms with van der Waals surface area (Å²) in [5, 5.41) is 35.9. The number of amides is 2. The summed E-state index contributed by atoms with van der Waals surface area (Å²) in [6, 6.07) is 7.42. The highest BCUT2D eigenvalue weighted by atomic mass is 32.2. The number of carbonyl (C=O) groups excluding carboxylic acids is 2. The molecule has 2 aliphatic rings. The molecule has 2 aromatic heterocycles. The van der Waals surface area contributed by atoms with E-state index in [0.717, 1.165) is 18.4 Å². The molecule has 1 saturated heterocycles. The molecule has 12 nitrogen and oxygen atoms in total. The fourth-order valence-corrected chi connectivity index (χ4v) is 6.44. The number of aromatic nitrogens is 2. The van der Waals surface area contributed by atoms with Crippen LogP contribution >= 0.6 is 0 Å². The average molecular weight is 602 g/mol. The van der Waals surface area contributed by atoms with Gasteiger partial charge in [0.05, 0.1) is 40.5 Å². The van der Waals surface area contributed by atoms with Crippen LogP contribution in [0.1, 0.15) is 26.9 Å². The molecule has 0 bridgehead atoms. The molecule has 3 aromatic carbocycles.